The predicted molar refractivity (Wildman–Crippen MR) is 134 cm³/mol. The Labute approximate surface area is 214 Å². The van der Waals surface area contributed by atoms with Crippen LogP contribution >= 0.6 is 0 Å². The molecule has 3 heterocycles. The van der Waals surface area contributed by atoms with Crippen LogP contribution in [0.5, 0.6) is 0 Å². The maximum absolute atomic E-state index is 10.6. The molecule has 9 nitrogen and oxygen atoms in total. The van der Waals surface area contributed by atoms with E-state index < -0.39 is 12.1 Å². The van der Waals surface area contributed by atoms with Crippen molar-refractivity contribution in [1.29, 1.82) is 0 Å². The number of aliphatic carboxylic acids is 1. The van der Waals surface area contributed by atoms with Crippen molar-refractivity contribution in [2.24, 2.45) is 7.05 Å². The third-order valence-corrected chi connectivity index (χ3v) is 5.16. The molecular formula is C26H20F3N7O2. The molecule has 0 aliphatic rings. The highest BCUT2D eigenvalue weighted by Crippen LogP contribution is 2.29. The van der Waals surface area contributed by atoms with Gasteiger partial charge in [0, 0.05) is 18.8 Å². The summed E-state index contributed by atoms with van der Waals surface area (Å²) < 4.78 is 33.7. The largest absolute Gasteiger partial charge is 0.490 e. The minimum absolute atomic E-state index is 0.445. The Bertz CT molecular complexity index is 1510. The molecule has 0 bridgehead atoms. The molecule has 5 rings (SSSR count). The molecule has 3 aromatic heterocycles. The summed E-state index contributed by atoms with van der Waals surface area (Å²) in [6.07, 6.45) is -1.53. The molecule has 0 aliphatic heterocycles. The fraction of sp³-hybridized carbons (Fsp3) is 0.0769. The lowest BCUT2D eigenvalue weighted by molar-refractivity contribution is -0.192. The Morgan fingerprint density at radius 2 is 1.47 bits per heavy atom. The summed E-state index contributed by atoms with van der Waals surface area (Å²) >= 11 is 0. The number of rotatable bonds is 5. The van der Waals surface area contributed by atoms with Crippen LogP contribution in [-0.4, -0.2) is 47.0 Å². The summed E-state index contributed by atoms with van der Waals surface area (Å²) in [6, 6.07) is 25.6. The normalized spacial score (nSPS) is 10.8. The maximum atomic E-state index is 10.6. The van der Waals surface area contributed by atoms with Gasteiger partial charge in [-0.1, -0.05) is 66.7 Å². The summed E-state index contributed by atoms with van der Waals surface area (Å²) in [5, 5.41) is 19.3. The maximum Gasteiger partial charge on any atom is 0.490 e. The number of imidazole rings is 1. The van der Waals surface area contributed by atoms with Gasteiger partial charge in [0.05, 0.1) is 11.9 Å². The van der Waals surface area contributed by atoms with Crippen LogP contribution in [0, 0.1) is 0 Å². The summed E-state index contributed by atoms with van der Waals surface area (Å²) in [5.74, 6) is -1.09. The van der Waals surface area contributed by atoms with Gasteiger partial charge in [-0.3, -0.25) is 4.98 Å². The monoisotopic (exact) mass is 519 g/mol. The lowest BCUT2D eigenvalue weighted by Crippen LogP contribution is -2.21. The van der Waals surface area contributed by atoms with E-state index in [-0.39, 0.29) is 0 Å². The molecule has 0 saturated heterocycles. The first-order valence-electron chi connectivity index (χ1n) is 11.1. The topological polar surface area (TPSA) is 119 Å². The van der Waals surface area contributed by atoms with Crippen LogP contribution < -0.4 is 5.32 Å². The average Bonchev–Trinajstić information content (AvgIpc) is 3.29. The van der Waals surface area contributed by atoms with Gasteiger partial charge in [-0.25, -0.2) is 14.8 Å². The van der Waals surface area contributed by atoms with Gasteiger partial charge in [-0.2, -0.15) is 13.2 Å². The first-order valence-corrected chi connectivity index (χ1v) is 11.1. The molecule has 12 heteroatoms. The summed E-state index contributed by atoms with van der Waals surface area (Å²) in [5.41, 5.74) is 4.29. The number of pyridine rings is 1. The predicted octanol–water partition coefficient (Wildman–Crippen LogP) is 5.38. The van der Waals surface area contributed by atoms with Gasteiger partial charge in [-0.15, -0.1) is 10.2 Å². The fourth-order valence-electron chi connectivity index (χ4n) is 3.32. The minimum atomic E-state index is -5.08. The highest BCUT2D eigenvalue weighted by Gasteiger charge is 2.38. The van der Waals surface area contributed by atoms with E-state index in [0.717, 1.165) is 16.8 Å². The van der Waals surface area contributed by atoms with Crippen molar-refractivity contribution in [2.75, 3.05) is 5.32 Å². The molecule has 0 spiro atoms. The van der Waals surface area contributed by atoms with E-state index in [2.05, 4.69) is 37.6 Å². The third kappa shape index (κ3) is 6.16. The first-order chi connectivity index (χ1) is 18.2. The van der Waals surface area contributed by atoms with Crippen molar-refractivity contribution < 1.29 is 23.1 Å². The number of aromatic nitrogens is 6. The highest BCUT2D eigenvalue weighted by molar-refractivity contribution is 5.75. The van der Waals surface area contributed by atoms with Crippen LogP contribution in [0.2, 0.25) is 0 Å². The van der Waals surface area contributed by atoms with Crippen LogP contribution in [0.15, 0.2) is 91.3 Å². The second kappa shape index (κ2) is 11.3. The fourth-order valence-corrected chi connectivity index (χ4v) is 3.32. The van der Waals surface area contributed by atoms with E-state index in [9.17, 15) is 13.2 Å². The van der Waals surface area contributed by atoms with E-state index >= 15 is 0 Å². The zero-order valence-corrected chi connectivity index (χ0v) is 19.8. The number of hydrogen-bond donors (Lipinski definition) is 2. The summed E-state index contributed by atoms with van der Waals surface area (Å²) in [7, 11) is 1.97. The van der Waals surface area contributed by atoms with Gasteiger partial charge >= 0.3 is 12.1 Å². The number of carboxylic acid groups (broad SMARTS) is 1. The standard InChI is InChI=1S/C24H19N7.C2HF3O2/c1-31-20(17-10-4-2-5-11-17)16-26-24(31)28-23-21(18-12-6-3-7-13-18)29-30-22(27-23)19-14-8-9-15-25-19;3-2(4,5)1(6)7/h2-16H,1H3,(H,26,27,28,30);(H,6,7). The summed E-state index contributed by atoms with van der Waals surface area (Å²) in [6.45, 7) is 0. The van der Waals surface area contributed by atoms with E-state index in [1.807, 2.05) is 84.5 Å². The van der Waals surface area contributed by atoms with Crippen LogP contribution in [-0.2, 0) is 11.8 Å². The number of nitrogens with one attached hydrogen (secondary N) is 1. The number of nitrogens with zero attached hydrogens (tertiary/aromatic N) is 6. The molecule has 2 aromatic carbocycles. The number of halogens is 3. The van der Waals surface area contributed by atoms with Crippen molar-refractivity contribution in [3.8, 4) is 34.0 Å². The molecule has 38 heavy (non-hydrogen) atoms. The van der Waals surface area contributed by atoms with E-state index in [1.54, 1.807) is 6.20 Å². The Balaban J connectivity index is 0.000000426. The average molecular weight is 519 g/mol. The number of carboxylic acids is 1. The molecule has 5 aromatic rings. The van der Waals surface area contributed by atoms with Crippen molar-refractivity contribution >= 4 is 17.7 Å². The SMILES string of the molecule is Cn1c(-c2ccccc2)cnc1Nc1nc(-c2ccccn2)nnc1-c1ccccc1.O=C(O)C(F)(F)F. The molecule has 0 radical (unpaired) electrons. The van der Waals surface area contributed by atoms with Gasteiger partial charge in [0.2, 0.25) is 11.8 Å². The van der Waals surface area contributed by atoms with Crippen LogP contribution in [0.1, 0.15) is 0 Å². The van der Waals surface area contributed by atoms with E-state index in [0.29, 0.717) is 29.0 Å². The van der Waals surface area contributed by atoms with E-state index in [4.69, 9.17) is 14.9 Å². The molecule has 0 amide bonds. The van der Waals surface area contributed by atoms with E-state index in [1.165, 1.54) is 0 Å². The van der Waals surface area contributed by atoms with Crippen LogP contribution in [0.4, 0.5) is 24.9 Å². The lowest BCUT2D eigenvalue weighted by Gasteiger charge is -2.12. The quantitative estimate of drug-likeness (QED) is 0.318. The second-order valence-electron chi connectivity index (χ2n) is 7.73. The molecule has 0 fully saturated rings. The first kappa shape index (κ1) is 25.9. The second-order valence-corrected chi connectivity index (χ2v) is 7.73. The lowest BCUT2D eigenvalue weighted by atomic mass is 10.1. The molecule has 0 unspecified atom stereocenters. The van der Waals surface area contributed by atoms with Gasteiger partial charge in [0.1, 0.15) is 11.4 Å². The number of hydrogen-bond acceptors (Lipinski definition) is 7. The Morgan fingerprint density at radius 1 is 0.868 bits per heavy atom. The van der Waals surface area contributed by atoms with Gasteiger partial charge < -0.3 is 15.0 Å². The smallest absolute Gasteiger partial charge is 0.475 e. The molecule has 192 valence electrons. The van der Waals surface area contributed by atoms with Crippen molar-refractivity contribution in [1.82, 2.24) is 29.7 Å². The third-order valence-electron chi connectivity index (χ3n) is 5.16. The zero-order valence-electron chi connectivity index (χ0n) is 19.8. The van der Waals surface area contributed by atoms with Crippen molar-refractivity contribution in [3.63, 3.8) is 0 Å². The number of anilines is 2. The molecule has 0 atom stereocenters. The van der Waals surface area contributed by atoms with Gasteiger partial charge in [0.25, 0.3) is 0 Å². The van der Waals surface area contributed by atoms with Crippen molar-refractivity contribution in [2.45, 2.75) is 6.18 Å². The Morgan fingerprint density at radius 3 is 2.05 bits per heavy atom. The summed E-state index contributed by atoms with van der Waals surface area (Å²) in [4.78, 5) is 22.6. The number of carbonyl (C=O) groups is 1. The molecular weight excluding hydrogens is 499 g/mol. The van der Waals surface area contributed by atoms with Crippen LogP contribution in [0.3, 0.4) is 0 Å². The van der Waals surface area contributed by atoms with Gasteiger partial charge in [0.15, 0.2) is 5.82 Å². The Hall–Kier alpha value is -5.13. The van der Waals surface area contributed by atoms with Gasteiger partial charge in [-0.05, 0) is 17.7 Å². The molecule has 0 aliphatic carbocycles. The molecule has 0 saturated carbocycles. The molecule has 2 N–H and O–H groups in total. The van der Waals surface area contributed by atoms with Crippen LogP contribution in [0.25, 0.3) is 34.0 Å². The number of alkyl halides is 3. The zero-order chi connectivity index (χ0) is 27.1. The minimum Gasteiger partial charge on any atom is -0.475 e. The highest BCUT2D eigenvalue weighted by atomic mass is 19.4. The number of benzene rings is 2. The Kier molecular flexibility index (Phi) is 7.71. The van der Waals surface area contributed by atoms with Crippen molar-refractivity contribution in [3.05, 3.63) is 91.3 Å².